The SMILES string of the molecule is CCN(CC)c1ccc(N(CCC(=O)NCCc2ccc(F)cc2)C(C)=O)cc1. The van der Waals surface area contributed by atoms with Gasteiger partial charge >= 0.3 is 0 Å². The van der Waals surface area contributed by atoms with Crippen LogP contribution < -0.4 is 15.1 Å². The van der Waals surface area contributed by atoms with Gasteiger partial charge in [0.1, 0.15) is 5.82 Å². The number of rotatable bonds is 10. The normalized spacial score (nSPS) is 10.5. The first-order chi connectivity index (χ1) is 13.9. The van der Waals surface area contributed by atoms with Crippen LogP contribution in [0.5, 0.6) is 0 Å². The van der Waals surface area contributed by atoms with Crippen LogP contribution in [0.3, 0.4) is 0 Å². The second kappa shape index (κ2) is 11.2. The highest BCUT2D eigenvalue weighted by Crippen LogP contribution is 2.21. The standard InChI is InChI=1S/C23H30FN3O2/c1-4-26(5-2)21-10-12-22(13-11-21)27(18(3)28)17-15-23(29)25-16-14-19-6-8-20(24)9-7-19/h6-13H,4-5,14-17H2,1-3H3,(H,25,29). The second-order valence-corrected chi connectivity index (χ2v) is 6.84. The number of carbonyl (C=O) groups excluding carboxylic acids is 2. The van der Waals surface area contributed by atoms with Gasteiger partial charge in [0, 0.05) is 50.9 Å². The van der Waals surface area contributed by atoms with Crippen molar-refractivity contribution in [2.24, 2.45) is 0 Å². The first kappa shape index (κ1) is 22.4. The Morgan fingerprint density at radius 3 is 2.07 bits per heavy atom. The zero-order valence-corrected chi connectivity index (χ0v) is 17.5. The van der Waals surface area contributed by atoms with E-state index in [0.29, 0.717) is 19.5 Å². The molecule has 2 rings (SSSR count). The molecule has 1 N–H and O–H groups in total. The lowest BCUT2D eigenvalue weighted by molar-refractivity contribution is -0.121. The zero-order valence-electron chi connectivity index (χ0n) is 17.5. The summed E-state index contributed by atoms with van der Waals surface area (Å²) in [6, 6.07) is 14.1. The zero-order chi connectivity index (χ0) is 21.2. The minimum Gasteiger partial charge on any atom is -0.372 e. The van der Waals surface area contributed by atoms with Crippen LogP contribution in [0.25, 0.3) is 0 Å². The highest BCUT2D eigenvalue weighted by molar-refractivity contribution is 5.92. The molecule has 0 unspecified atom stereocenters. The Morgan fingerprint density at radius 2 is 1.52 bits per heavy atom. The molecule has 2 aromatic rings. The van der Waals surface area contributed by atoms with E-state index >= 15 is 0 Å². The lowest BCUT2D eigenvalue weighted by atomic mass is 10.1. The summed E-state index contributed by atoms with van der Waals surface area (Å²) in [5, 5.41) is 2.85. The van der Waals surface area contributed by atoms with Gasteiger partial charge in [-0.05, 0) is 62.2 Å². The number of amides is 2. The van der Waals surface area contributed by atoms with E-state index < -0.39 is 0 Å². The predicted molar refractivity (Wildman–Crippen MR) is 116 cm³/mol. The second-order valence-electron chi connectivity index (χ2n) is 6.84. The summed E-state index contributed by atoms with van der Waals surface area (Å²) in [7, 11) is 0. The third kappa shape index (κ3) is 6.89. The van der Waals surface area contributed by atoms with Crippen LogP contribution in [0.2, 0.25) is 0 Å². The van der Waals surface area contributed by atoms with E-state index in [9.17, 15) is 14.0 Å². The molecule has 156 valence electrons. The van der Waals surface area contributed by atoms with Crippen molar-refractivity contribution in [3.8, 4) is 0 Å². The topological polar surface area (TPSA) is 52.6 Å². The minimum atomic E-state index is -0.271. The third-order valence-electron chi connectivity index (χ3n) is 4.88. The molecule has 0 heterocycles. The first-order valence-corrected chi connectivity index (χ1v) is 10.1. The van der Waals surface area contributed by atoms with Gasteiger partial charge < -0.3 is 15.1 Å². The molecule has 0 fully saturated rings. The summed E-state index contributed by atoms with van der Waals surface area (Å²) >= 11 is 0. The molecule has 0 aliphatic heterocycles. The first-order valence-electron chi connectivity index (χ1n) is 10.1. The van der Waals surface area contributed by atoms with Crippen LogP contribution in [0, 0.1) is 5.82 Å². The van der Waals surface area contributed by atoms with Gasteiger partial charge in [-0.1, -0.05) is 12.1 Å². The molecule has 0 aliphatic carbocycles. The van der Waals surface area contributed by atoms with Crippen molar-refractivity contribution in [3.05, 3.63) is 59.9 Å². The Labute approximate surface area is 172 Å². The monoisotopic (exact) mass is 399 g/mol. The molecule has 0 bridgehead atoms. The van der Waals surface area contributed by atoms with Crippen LogP contribution in [-0.2, 0) is 16.0 Å². The van der Waals surface area contributed by atoms with Crippen LogP contribution in [-0.4, -0.2) is 38.0 Å². The summed E-state index contributed by atoms with van der Waals surface area (Å²) in [5.41, 5.74) is 2.86. The number of nitrogens with one attached hydrogen (secondary N) is 1. The Hall–Kier alpha value is -2.89. The summed E-state index contributed by atoms with van der Waals surface area (Å²) in [4.78, 5) is 28.1. The number of halogens is 1. The highest BCUT2D eigenvalue weighted by atomic mass is 19.1. The molecular formula is C23H30FN3O2. The van der Waals surface area contributed by atoms with Crippen molar-refractivity contribution in [2.45, 2.75) is 33.6 Å². The Kier molecular flexibility index (Phi) is 8.65. The molecule has 2 aromatic carbocycles. The maximum atomic E-state index is 12.9. The van der Waals surface area contributed by atoms with E-state index in [2.05, 4.69) is 24.1 Å². The number of anilines is 2. The predicted octanol–water partition coefficient (Wildman–Crippen LogP) is 3.77. The van der Waals surface area contributed by atoms with Gasteiger partial charge in [0.15, 0.2) is 0 Å². The smallest absolute Gasteiger partial charge is 0.223 e. The summed E-state index contributed by atoms with van der Waals surface area (Å²) in [6.07, 6.45) is 0.857. The van der Waals surface area contributed by atoms with Gasteiger partial charge in [-0.2, -0.15) is 0 Å². The molecule has 0 atom stereocenters. The number of nitrogens with zero attached hydrogens (tertiary/aromatic N) is 2. The maximum Gasteiger partial charge on any atom is 0.223 e. The molecule has 29 heavy (non-hydrogen) atoms. The molecule has 0 aliphatic rings. The fraction of sp³-hybridized carbons (Fsp3) is 0.391. The van der Waals surface area contributed by atoms with Crippen molar-refractivity contribution in [1.82, 2.24) is 5.32 Å². The molecule has 0 radical (unpaired) electrons. The number of hydrogen-bond acceptors (Lipinski definition) is 3. The quantitative estimate of drug-likeness (QED) is 0.662. The van der Waals surface area contributed by atoms with Crippen LogP contribution in [0.4, 0.5) is 15.8 Å². The fourth-order valence-corrected chi connectivity index (χ4v) is 3.20. The van der Waals surface area contributed by atoms with Gasteiger partial charge in [-0.25, -0.2) is 4.39 Å². The van der Waals surface area contributed by atoms with E-state index in [0.717, 1.165) is 30.0 Å². The summed E-state index contributed by atoms with van der Waals surface area (Å²) in [5.74, 6) is -0.481. The van der Waals surface area contributed by atoms with E-state index in [1.807, 2.05) is 24.3 Å². The largest absolute Gasteiger partial charge is 0.372 e. The Morgan fingerprint density at radius 1 is 0.931 bits per heavy atom. The van der Waals surface area contributed by atoms with E-state index in [1.165, 1.54) is 19.1 Å². The average Bonchev–Trinajstić information content (AvgIpc) is 2.71. The summed E-state index contributed by atoms with van der Waals surface area (Å²) in [6.45, 7) is 8.35. The Balaban J connectivity index is 1.86. The van der Waals surface area contributed by atoms with Gasteiger partial charge in [0.25, 0.3) is 0 Å². The van der Waals surface area contributed by atoms with Crippen molar-refractivity contribution >= 4 is 23.2 Å². The van der Waals surface area contributed by atoms with E-state index in [4.69, 9.17) is 0 Å². The molecular weight excluding hydrogens is 369 g/mol. The minimum absolute atomic E-state index is 0.0975. The Bertz CT molecular complexity index is 787. The molecule has 2 amide bonds. The van der Waals surface area contributed by atoms with Gasteiger partial charge in [-0.15, -0.1) is 0 Å². The highest BCUT2D eigenvalue weighted by Gasteiger charge is 2.14. The average molecular weight is 400 g/mol. The maximum absolute atomic E-state index is 12.9. The van der Waals surface area contributed by atoms with Crippen molar-refractivity contribution < 1.29 is 14.0 Å². The lowest BCUT2D eigenvalue weighted by Gasteiger charge is -2.24. The lowest BCUT2D eigenvalue weighted by Crippen LogP contribution is -2.34. The van der Waals surface area contributed by atoms with Crippen molar-refractivity contribution in [3.63, 3.8) is 0 Å². The molecule has 0 saturated heterocycles. The van der Waals surface area contributed by atoms with Gasteiger partial charge in [0.2, 0.25) is 11.8 Å². The molecule has 0 aromatic heterocycles. The van der Waals surface area contributed by atoms with Gasteiger partial charge in [0.05, 0.1) is 0 Å². The number of benzene rings is 2. The van der Waals surface area contributed by atoms with Crippen LogP contribution >= 0.6 is 0 Å². The molecule has 6 heteroatoms. The van der Waals surface area contributed by atoms with Gasteiger partial charge in [-0.3, -0.25) is 9.59 Å². The number of hydrogen-bond donors (Lipinski definition) is 1. The van der Waals surface area contributed by atoms with E-state index in [-0.39, 0.29) is 24.1 Å². The molecule has 0 saturated carbocycles. The fourth-order valence-electron chi connectivity index (χ4n) is 3.20. The molecule has 0 spiro atoms. The van der Waals surface area contributed by atoms with Crippen molar-refractivity contribution in [2.75, 3.05) is 36.0 Å². The van der Waals surface area contributed by atoms with Crippen LogP contribution in [0.1, 0.15) is 32.8 Å². The summed E-state index contributed by atoms with van der Waals surface area (Å²) < 4.78 is 12.9. The van der Waals surface area contributed by atoms with Crippen LogP contribution in [0.15, 0.2) is 48.5 Å². The molecule has 5 nitrogen and oxygen atoms in total. The number of carbonyl (C=O) groups is 2. The van der Waals surface area contributed by atoms with E-state index in [1.54, 1.807) is 17.0 Å². The van der Waals surface area contributed by atoms with Crippen molar-refractivity contribution in [1.29, 1.82) is 0 Å². The third-order valence-corrected chi connectivity index (χ3v) is 4.88.